The Labute approximate surface area is 122 Å². The van der Waals surface area contributed by atoms with E-state index in [0.717, 1.165) is 28.8 Å². The van der Waals surface area contributed by atoms with E-state index >= 15 is 0 Å². The van der Waals surface area contributed by atoms with Crippen molar-refractivity contribution in [3.63, 3.8) is 0 Å². The van der Waals surface area contributed by atoms with Crippen LogP contribution in [-0.2, 0) is 6.42 Å². The Kier molecular flexibility index (Phi) is 2.77. The van der Waals surface area contributed by atoms with Gasteiger partial charge in [0.25, 0.3) is 0 Å². The second-order valence-corrected chi connectivity index (χ2v) is 5.14. The number of methoxy groups -OCH3 is 1. The van der Waals surface area contributed by atoms with Gasteiger partial charge in [-0.05, 0) is 24.3 Å². The van der Waals surface area contributed by atoms with Crippen molar-refractivity contribution in [1.82, 2.24) is 14.8 Å². The van der Waals surface area contributed by atoms with Gasteiger partial charge in [0.05, 0.1) is 24.9 Å². The van der Waals surface area contributed by atoms with E-state index in [2.05, 4.69) is 10.1 Å². The summed E-state index contributed by atoms with van der Waals surface area (Å²) in [6, 6.07) is 8.07. The van der Waals surface area contributed by atoms with Crippen LogP contribution in [0.15, 0.2) is 42.9 Å². The average molecular weight is 281 g/mol. The van der Waals surface area contributed by atoms with E-state index < -0.39 is 0 Å². The number of benzene rings is 1. The molecule has 0 N–H and O–H groups in total. The first kappa shape index (κ1) is 12.2. The predicted molar refractivity (Wildman–Crippen MR) is 78.8 cm³/mol. The van der Waals surface area contributed by atoms with Crippen molar-refractivity contribution in [2.45, 2.75) is 12.5 Å². The molecule has 2 aromatic heterocycles. The second-order valence-electron chi connectivity index (χ2n) is 5.14. The van der Waals surface area contributed by atoms with E-state index in [4.69, 9.17) is 9.47 Å². The molecular formula is C16H15N3O2. The van der Waals surface area contributed by atoms with Gasteiger partial charge in [-0.3, -0.25) is 9.67 Å². The molecule has 4 rings (SSSR count). The van der Waals surface area contributed by atoms with Crippen molar-refractivity contribution in [1.29, 1.82) is 0 Å². The fourth-order valence-electron chi connectivity index (χ4n) is 2.82. The third-order valence-corrected chi connectivity index (χ3v) is 3.92. The molecule has 0 spiro atoms. The number of aromatic nitrogens is 3. The summed E-state index contributed by atoms with van der Waals surface area (Å²) >= 11 is 0. The number of rotatable bonds is 2. The molecule has 106 valence electrons. The molecule has 0 amide bonds. The summed E-state index contributed by atoms with van der Waals surface area (Å²) in [6.45, 7) is 0.617. The molecular weight excluding hydrogens is 266 g/mol. The Morgan fingerprint density at radius 1 is 1.38 bits per heavy atom. The van der Waals surface area contributed by atoms with Gasteiger partial charge in [-0.25, -0.2) is 0 Å². The highest BCUT2D eigenvalue weighted by atomic mass is 16.5. The van der Waals surface area contributed by atoms with Gasteiger partial charge in [0.2, 0.25) is 0 Å². The molecule has 1 aliphatic rings. The highest BCUT2D eigenvalue weighted by Crippen LogP contribution is 2.35. The van der Waals surface area contributed by atoms with Crippen LogP contribution in [0.2, 0.25) is 0 Å². The van der Waals surface area contributed by atoms with Crippen molar-refractivity contribution in [3.8, 4) is 11.5 Å². The fourth-order valence-corrected chi connectivity index (χ4v) is 2.82. The van der Waals surface area contributed by atoms with E-state index in [1.807, 2.05) is 41.3 Å². The molecule has 1 atom stereocenters. The van der Waals surface area contributed by atoms with Gasteiger partial charge >= 0.3 is 0 Å². The summed E-state index contributed by atoms with van der Waals surface area (Å²) in [7, 11) is 1.67. The maximum Gasteiger partial charge on any atom is 0.141 e. The number of nitrogens with zero attached hydrogens (tertiary/aromatic N) is 3. The first-order valence-corrected chi connectivity index (χ1v) is 6.92. The first-order valence-electron chi connectivity index (χ1n) is 6.92. The van der Waals surface area contributed by atoms with Gasteiger partial charge in [0.15, 0.2) is 0 Å². The number of hydrogen-bond acceptors (Lipinski definition) is 4. The van der Waals surface area contributed by atoms with Gasteiger partial charge in [-0.15, -0.1) is 0 Å². The minimum atomic E-state index is 0.212. The minimum Gasteiger partial charge on any atom is -0.497 e. The standard InChI is InChI=1S/C16H15N3O2/c1-20-12-3-4-15-13(8-12)14-7-11(19-6-2-5-18-19)10-21-16(14)9-17-15/h2-6,8-9,11H,7,10H2,1H3. The van der Waals surface area contributed by atoms with Crippen LogP contribution in [0.5, 0.6) is 11.5 Å². The smallest absolute Gasteiger partial charge is 0.141 e. The van der Waals surface area contributed by atoms with Gasteiger partial charge in [0.1, 0.15) is 18.1 Å². The lowest BCUT2D eigenvalue weighted by molar-refractivity contribution is 0.214. The number of fused-ring (bicyclic) bond motifs is 3. The summed E-state index contributed by atoms with van der Waals surface area (Å²) in [5.74, 6) is 1.69. The minimum absolute atomic E-state index is 0.212. The zero-order valence-corrected chi connectivity index (χ0v) is 11.7. The molecule has 1 aliphatic heterocycles. The molecule has 0 saturated carbocycles. The molecule has 0 radical (unpaired) electrons. The molecule has 0 fully saturated rings. The lowest BCUT2D eigenvalue weighted by atomic mass is 9.99. The monoisotopic (exact) mass is 281 g/mol. The maximum absolute atomic E-state index is 5.88. The van der Waals surface area contributed by atoms with Crippen molar-refractivity contribution < 1.29 is 9.47 Å². The van der Waals surface area contributed by atoms with Crippen molar-refractivity contribution in [2.24, 2.45) is 0 Å². The van der Waals surface area contributed by atoms with Crippen LogP contribution >= 0.6 is 0 Å². The summed E-state index contributed by atoms with van der Waals surface area (Å²) in [5.41, 5.74) is 2.13. The maximum atomic E-state index is 5.88. The quantitative estimate of drug-likeness (QED) is 0.724. The summed E-state index contributed by atoms with van der Waals surface area (Å²) < 4.78 is 13.2. The van der Waals surface area contributed by atoms with Gasteiger partial charge < -0.3 is 9.47 Å². The highest BCUT2D eigenvalue weighted by molar-refractivity contribution is 5.85. The summed E-state index contributed by atoms with van der Waals surface area (Å²) in [4.78, 5) is 4.45. The summed E-state index contributed by atoms with van der Waals surface area (Å²) in [6.07, 6.45) is 6.46. The SMILES string of the molecule is COc1ccc2ncc3c(c2c1)CC(n1cccn1)CO3. The van der Waals surface area contributed by atoms with Crippen LogP contribution < -0.4 is 9.47 Å². The third-order valence-electron chi connectivity index (χ3n) is 3.92. The third kappa shape index (κ3) is 2.01. The van der Waals surface area contributed by atoms with E-state index in [1.165, 1.54) is 5.56 Å². The molecule has 3 aromatic rings. The van der Waals surface area contributed by atoms with Crippen molar-refractivity contribution in [3.05, 3.63) is 48.4 Å². The zero-order chi connectivity index (χ0) is 14.2. The number of hydrogen-bond donors (Lipinski definition) is 0. The molecule has 3 heterocycles. The van der Waals surface area contributed by atoms with Crippen LogP contribution in [0, 0.1) is 0 Å². The summed E-state index contributed by atoms with van der Waals surface area (Å²) in [5, 5.41) is 5.41. The van der Waals surface area contributed by atoms with Crippen LogP contribution in [-0.4, -0.2) is 28.5 Å². The van der Waals surface area contributed by atoms with Crippen LogP contribution in [0.4, 0.5) is 0 Å². The zero-order valence-electron chi connectivity index (χ0n) is 11.7. The molecule has 5 heteroatoms. The molecule has 0 bridgehead atoms. The Morgan fingerprint density at radius 2 is 2.33 bits per heavy atom. The second kappa shape index (κ2) is 4.77. The lowest BCUT2D eigenvalue weighted by Gasteiger charge is -2.26. The Balaban J connectivity index is 1.82. The van der Waals surface area contributed by atoms with Gasteiger partial charge in [-0.2, -0.15) is 5.10 Å². The van der Waals surface area contributed by atoms with Crippen LogP contribution in [0.1, 0.15) is 11.6 Å². The van der Waals surface area contributed by atoms with Gasteiger partial charge in [-0.1, -0.05) is 0 Å². The Bertz CT molecular complexity index is 778. The van der Waals surface area contributed by atoms with Crippen molar-refractivity contribution >= 4 is 10.9 Å². The predicted octanol–water partition coefficient (Wildman–Crippen LogP) is 2.62. The van der Waals surface area contributed by atoms with Crippen molar-refractivity contribution in [2.75, 3.05) is 13.7 Å². The van der Waals surface area contributed by atoms with E-state index in [1.54, 1.807) is 13.3 Å². The van der Waals surface area contributed by atoms with Crippen LogP contribution in [0.25, 0.3) is 10.9 Å². The Morgan fingerprint density at radius 3 is 3.14 bits per heavy atom. The number of pyridine rings is 1. The fraction of sp³-hybridized carbons (Fsp3) is 0.250. The topological polar surface area (TPSA) is 49.2 Å². The van der Waals surface area contributed by atoms with E-state index in [-0.39, 0.29) is 6.04 Å². The molecule has 1 aromatic carbocycles. The number of ether oxygens (including phenoxy) is 2. The first-order chi connectivity index (χ1) is 10.3. The normalized spacial score (nSPS) is 17.3. The molecule has 21 heavy (non-hydrogen) atoms. The molecule has 0 aliphatic carbocycles. The van der Waals surface area contributed by atoms with Crippen LogP contribution in [0.3, 0.4) is 0 Å². The molecule has 1 unspecified atom stereocenters. The Hall–Kier alpha value is -2.56. The van der Waals surface area contributed by atoms with E-state index in [9.17, 15) is 0 Å². The average Bonchev–Trinajstić information content (AvgIpc) is 3.08. The molecule has 5 nitrogen and oxygen atoms in total. The highest BCUT2D eigenvalue weighted by Gasteiger charge is 2.24. The lowest BCUT2D eigenvalue weighted by Crippen LogP contribution is -2.25. The van der Waals surface area contributed by atoms with E-state index in [0.29, 0.717) is 6.61 Å². The largest absolute Gasteiger partial charge is 0.497 e. The molecule has 0 saturated heterocycles. The van der Waals surface area contributed by atoms with Gasteiger partial charge in [0, 0.05) is 29.8 Å².